The van der Waals surface area contributed by atoms with Gasteiger partial charge in [-0.2, -0.15) is 5.10 Å². The lowest BCUT2D eigenvalue weighted by Gasteiger charge is -2.26. The highest BCUT2D eigenvalue weighted by atomic mass is 16.5. The zero-order valence-corrected chi connectivity index (χ0v) is 13.2. The maximum atomic E-state index is 12.2. The van der Waals surface area contributed by atoms with E-state index in [1.807, 2.05) is 59.4 Å². The Labute approximate surface area is 139 Å². The van der Waals surface area contributed by atoms with Crippen LogP contribution >= 0.6 is 0 Å². The molecule has 0 bridgehead atoms. The second-order valence-corrected chi connectivity index (χ2v) is 5.69. The maximum absolute atomic E-state index is 12.2. The summed E-state index contributed by atoms with van der Waals surface area (Å²) in [4.78, 5) is 14.0. The highest BCUT2D eigenvalue weighted by Crippen LogP contribution is 2.19. The minimum Gasteiger partial charge on any atom is -0.378 e. The van der Waals surface area contributed by atoms with Crippen molar-refractivity contribution in [2.24, 2.45) is 0 Å². The lowest BCUT2D eigenvalue weighted by Crippen LogP contribution is -2.43. The second kappa shape index (κ2) is 6.33. The van der Waals surface area contributed by atoms with Gasteiger partial charge in [-0.05, 0) is 30.3 Å². The monoisotopic (exact) mass is 322 g/mol. The van der Waals surface area contributed by atoms with E-state index >= 15 is 0 Å². The van der Waals surface area contributed by atoms with Crippen LogP contribution in [0.5, 0.6) is 0 Å². The molecule has 0 spiro atoms. The molecular weight excluding hydrogens is 304 g/mol. The summed E-state index contributed by atoms with van der Waals surface area (Å²) in [6.45, 7) is 2.45. The van der Waals surface area contributed by atoms with Crippen molar-refractivity contribution in [2.45, 2.75) is 0 Å². The van der Waals surface area contributed by atoms with Gasteiger partial charge in [0.05, 0.1) is 30.6 Å². The van der Waals surface area contributed by atoms with Crippen LogP contribution in [-0.4, -0.2) is 47.0 Å². The number of hydrogen-bond donors (Lipinski definition) is 1. The van der Waals surface area contributed by atoms with Gasteiger partial charge >= 0.3 is 6.03 Å². The molecule has 122 valence electrons. The Morgan fingerprint density at radius 2 is 1.79 bits per heavy atom. The number of rotatable bonds is 2. The molecule has 0 saturated carbocycles. The van der Waals surface area contributed by atoms with Crippen molar-refractivity contribution in [1.82, 2.24) is 14.7 Å². The number of morpholine rings is 1. The van der Waals surface area contributed by atoms with Crippen molar-refractivity contribution in [2.75, 3.05) is 31.6 Å². The van der Waals surface area contributed by atoms with Gasteiger partial charge in [0.1, 0.15) is 0 Å². The van der Waals surface area contributed by atoms with Crippen molar-refractivity contribution in [3.63, 3.8) is 0 Å². The Morgan fingerprint density at radius 1 is 1.04 bits per heavy atom. The Hall–Kier alpha value is -2.86. The average molecular weight is 322 g/mol. The fourth-order valence-electron chi connectivity index (χ4n) is 2.83. The first-order valence-electron chi connectivity index (χ1n) is 7.98. The third kappa shape index (κ3) is 2.83. The number of para-hydroxylation sites is 1. The molecule has 1 saturated heterocycles. The van der Waals surface area contributed by atoms with E-state index in [0.29, 0.717) is 26.3 Å². The van der Waals surface area contributed by atoms with E-state index in [1.165, 1.54) is 0 Å². The van der Waals surface area contributed by atoms with Crippen LogP contribution in [0.3, 0.4) is 0 Å². The largest absolute Gasteiger partial charge is 0.378 e. The van der Waals surface area contributed by atoms with Crippen LogP contribution in [0.15, 0.2) is 54.7 Å². The van der Waals surface area contributed by atoms with Gasteiger partial charge in [0.15, 0.2) is 0 Å². The first-order chi connectivity index (χ1) is 11.8. The van der Waals surface area contributed by atoms with Crippen LogP contribution in [0.1, 0.15) is 0 Å². The van der Waals surface area contributed by atoms with E-state index in [4.69, 9.17) is 4.74 Å². The molecule has 0 radical (unpaired) electrons. The van der Waals surface area contributed by atoms with Crippen LogP contribution < -0.4 is 5.32 Å². The van der Waals surface area contributed by atoms with Gasteiger partial charge in [-0.25, -0.2) is 9.48 Å². The number of nitrogens with one attached hydrogen (secondary N) is 1. The molecule has 2 amide bonds. The standard InChI is InChI=1S/C18H18N4O2/c23-18(21-9-11-24-12-10-21)20-15-5-7-16(8-6-15)22-17-4-2-1-3-14(17)13-19-22/h1-8,13H,9-12H2,(H,20,23). The van der Waals surface area contributed by atoms with Crippen LogP contribution in [0.4, 0.5) is 10.5 Å². The van der Waals surface area contributed by atoms with Crippen LogP contribution in [0, 0.1) is 0 Å². The molecule has 0 aliphatic carbocycles. The Bertz CT molecular complexity index is 851. The molecule has 1 aliphatic heterocycles. The molecule has 2 aromatic carbocycles. The highest BCUT2D eigenvalue weighted by molar-refractivity contribution is 5.89. The summed E-state index contributed by atoms with van der Waals surface area (Å²) in [5.41, 5.74) is 2.79. The van der Waals surface area contributed by atoms with Gasteiger partial charge < -0.3 is 15.0 Å². The van der Waals surface area contributed by atoms with Crippen molar-refractivity contribution >= 4 is 22.6 Å². The number of carbonyl (C=O) groups is 1. The second-order valence-electron chi connectivity index (χ2n) is 5.69. The summed E-state index contributed by atoms with van der Waals surface area (Å²) in [7, 11) is 0. The van der Waals surface area contributed by atoms with Crippen molar-refractivity contribution in [3.05, 3.63) is 54.7 Å². The Kier molecular flexibility index (Phi) is 3.88. The van der Waals surface area contributed by atoms with Gasteiger partial charge in [-0.15, -0.1) is 0 Å². The summed E-state index contributed by atoms with van der Waals surface area (Å²) >= 11 is 0. The average Bonchev–Trinajstić information content (AvgIpc) is 3.07. The summed E-state index contributed by atoms with van der Waals surface area (Å²) < 4.78 is 7.15. The highest BCUT2D eigenvalue weighted by Gasteiger charge is 2.16. The van der Waals surface area contributed by atoms with Crippen molar-refractivity contribution < 1.29 is 9.53 Å². The van der Waals surface area contributed by atoms with E-state index < -0.39 is 0 Å². The lowest BCUT2D eigenvalue weighted by molar-refractivity contribution is 0.0564. The topological polar surface area (TPSA) is 59.4 Å². The molecule has 1 N–H and O–H groups in total. The van der Waals surface area contributed by atoms with E-state index in [1.54, 1.807) is 4.90 Å². The third-order valence-electron chi connectivity index (χ3n) is 4.14. The predicted octanol–water partition coefficient (Wildman–Crippen LogP) is 2.89. The third-order valence-corrected chi connectivity index (χ3v) is 4.14. The number of fused-ring (bicyclic) bond motifs is 1. The maximum Gasteiger partial charge on any atom is 0.321 e. The van der Waals surface area contributed by atoms with Gasteiger partial charge in [0.25, 0.3) is 0 Å². The molecule has 1 aromatic heterocycles. The van der Waals surface area contributed by atoms with E-state index in [0.717, 1.165) is 22.3 Å². The number of benzene rings is 2. The van der Waals surface area contributed by atoms with Gasteiger partial charge in [-0.1, -0.05) is 18.2 Å². The molecular formula is C18H18N4O2. The number of nitrogens with zero attached hydrogens (tertiary/aromatic N) is 3. The summed E-state index contributed by atoms with van der Waals surface area (Å²) in [6.07, 6.45) is 1.85. The van der Waals surface area contributed by atoms with E-state index in [-0.39, 0.29) is 6.03 Å². The summed E-state index contributed by atoms with van der Waals surface area (Å²) in [5, 5.41) is 8.46. The van der Waals surface area contributed by atoms with Gasteiger partial charge in [0, 0.05) is 24.2 Å². The minimum absolute atomic E-state index is 0.0874. The van der Waals surface area contributed by atoms with Gasteiger partial charge in [-0.3, -0.25) is 0 Å². The number of hydrogen-bond acceptors (Lipinski definition) is 3. The number of ether oxygens (including phenoxy) is 1. The van der Waals surface area contributed by atoms with Crippen LogP contribution in [-0.2, 0) is 4.74 Å². The Balaban J connectivity index is 1.51. The molecule has 2 heterocycles. The summed E-state index contributed by atoms with van der Waals surface area (Å²) in [5.74, 6) is 0. The zero-order chi connectivity index (χ0) is 16.4. The number of carbonyl (C=O) groups excluding carboxylic acids is 1. The molecule has 3 aromatic rings. The minimum atomic E-state index is -0.0874. The molecule has 6 nitrogen and oxygen atoms in total. The number of aromatic nitrogens is 2. The predicted molar refractivity (Wildman–Crippen MR) is 92.5 cm³/mol. The zero-order valence-electron chi connectivity index (χ0n) is 13.2. The lowest BCUT2D eigenvalue weighted by atomic mass is 10.2. The molecule has 1 aliphatic rings. The number of amides is 2. The van der Waals surface area contributed by atoms with E-state index in [9.17, 15) is 4.79 Å². The van der Waals surface area contributed by atoms with Crippen molar-refractivity contribution in [1.29, 1.82) is 0 Å². The first-order valence-corrected chi connectivity index (χ1v) is 7.98. The Morgan fingerprint density at radius 3 is 2.58 bits per heavy atom. The molecule has 0 unspecified atom stereocenters. The quantitative estimate of drug-likeness (QED) is 0.789. The SMILES string of the molecule is O=C(Nc1ccc(-n2ncc3ccccc32)cc1)N1CCOCC1. The number of anilines is 1. The van der Waals surface area contributed by atoms with Crippen LogP contribution in [0.2, 0.25) is 0 Å². The van der Waals surface area contributed by atoms with Crippen LogP contribution in [0.25, 0.3) is 16.6 Å². The normalized spacial score (nSPS) is 14.8. The molecule has 24 heavy (non-hydrogen) atoms. The molecule has 1 fully saturated rings. The fourth-order valence-corrected chi connectivity index (χ4v) is 2.83. The van der Waals surface area contributed by atoms with Gasteiger partial charge in [0.2, 0.25) is 0 Å². The molecule has 0 atom stereocenters. The summed E-state index contributed by atoms with van der Waals surface area (Å²) in [6, 6.07) is 15.7. The first kappa shape index (κ1) is 14.7. The van der Waals surface area contributed by atoms with E-state index in [2.05, 4.69) is 10.4 Å². The molecule has 4 rings (SSSR count). The molecule has 6 heteroatoms. The number of urea groups is 1. The van der Waals surface area contributed by atoms with Crippen molar-refractivity contribution in [3.8, 4) is 5.69 Å². The smallest absolute Gasteiger partial charge is 0.321 e. The fraction of sp³-hybridized carbons (Fsp3) is 0.222.